The van der Waals surface area contributed by atoms with E-state index in [4.69, 9.17) is 5.11 Å². The highest BCUT2D eigenvalue weighted by Gasteiger charge is 2.06. The first-order valence-corrected chi connectivity index (χ1v) is 3.12. The zero-order valence-electron chi connectivity index (χ0n) is 6.46. The van der Waals surface area contributed by atoms with E-state index in [0.29, 0.717) is 0 Å². The van der Waals surface area contributed by atoms with E-state index < -0.39 is 12.3 Å². The van der Waals surface area contributed by atoms with Gasteiger partial charge in [-0.05, 0) is 0 Å². The summed E-state index contributed by atoms with van der Waals surface area (Å²) >= 11 is 0. The van der Waals surface area contributed by atoms with E-state index in [0.717, 1.165) is 0 Å². The van der Waals surface area contributed by atoms with Crippen molar-refractivity contribution in [1.29, 1.82) is 0 Å². The van der Waals surface area contributed by atoms with Crippen molar-refractivity contribution in [1.82, 2.24) is 5.32 Å². The van der Waals surface area contributed by atoms with E-state index >= 15 is 0 Å². The van der Waals surface area contributed by atoms with Crippen molar-refractivity contribution in [3.05, 3.63) is 0 Å². The van der Waals surface area contributed by atoms with Crippen molar-refractivity contribution in [2.24, 2.45) is 0 Å². The van der Waals surface area contributed by atoms with Gasteiger partial charge in [-0.3, -0.25) is 9.59 Å². The molecular formula is C6H11NO4. The van der Waals surface area contributed by atoms with Crippen LogP contribution in [0.5, 0.6) is 0 Å². The Morgan fingerprint density at radius 2 is 2.09 bits per heavy atom. The zero-order chi connectivity index (χ0) is 8.85. The van der Waals surface area contributed by atoms with Crippen molar-refractivity contribution < 1.29 is 19.4 Å². The third kappa shape index (κ3) is 6.79. The summed E-state index contributed by atoms with van der Waals surface area (Å²) < 4.78 is 4.30. The maximum absolute atomic E-state index is 10.3. The van der Waals surface area contributed by atoms with E-state index in [1.54, 1.807) is 0 Å². The first-order chi connectivity index (χ1) is 5.02. The molecule has 0 aromatic heterocycles. The third-order valence-corrected chi connectivity index (χ3v) is 0.828. The summed E-state index contributed by atoms with van der Waals surface area (Å²) in [7, 11) is 0. The molecule has 0 saturated heterocycles. The average molecular weight is 161 g/mol. The molecular weight excluding hydrogens is 150 g/mol. The summed E-state index contributed by atoms with van der Waals surface area (Å²) in [5, 5.41) is 11.1. The van der Waals surface area contributed by atoms with Crippen LogP contribution in [0.1, 0.15) is 13.8 Å². The van der Waals surface area contributed by atoms with Crippen molar-refractivity contribution in [2.45, 2.75) is 20.1 Å². The Morgan fingerprint density at radius 1 is 1.55 bits per heavy atom. The number of aliphatic hydroxyl groups is 1. The molecule has 0 aliphatic heterocycles. The first-order valence-electron chi connectivity index (χ1n) is 3.12. The second-order valence-electron chi connectivity index (χ2n) is 2.00. The Kier molecular flexibility index (Phi) is 4.21. The molecule has 0 aliphatic rings. The summed E-state index contributed by atoms with van der Waals surface area (Å²) in [6.07, 6.45) is -1.25. The molecule has 0 spiro atoms. The maximum Gasteiger partial charge on any atom is 0.304 e. The van der Waals surface area contributed by atoms with Gasteiger partial charge < -0.3 is 15.2 Å². The first kappa shape index (κ1) is 9.90. The number of hydrogen-bond acceptors (Lipinski definition) is 4. The largest absolute Gasteiger partial charge is 0.434 e. The number of carbonyl (C=O) groups is 2. The van der Waals surface area contributed by atoms with Gasteiger partial charge in [0.05, 0.1) is 6.54 Å². The summed E-state index contributed by atoms with van der Waals surface area (Å²) in [5.41, 5.74) is 0. The van der Waals surface area contributed by atoms with Crippen molar-refractivity contribution in [2.75, 3.05) is 6.54 Å². The monoisotopic (exact) mass is 161 g/mol. The number of nitrogens with one attached hydrogen (secondary N) is 1. The van der Waals surface area contributed by atoms with E-state index in [-0.39, 0.29) is 12.5 Å². The second-order valence-corrected chi connectivity index (χ2v) is 2.00. The van der Waals surface area contributed by atoms with E-state index in [9.17, 15) is 9.59 Å². The lowest BCUT2D eigenvalue weighted by molar-refractivity contribution is -0.164. The lowest BCUT2D eigenvalue weighted by atomic mass is 10.5. The van der Waals surface area contributed by atoms with Crippen LogP contribution in [0.4, 0.5) is 0 Å². The predicted molar refractivity (Wildman–Crippen MR) is 36.5 cm³/mol. The standard InChI is InChI=1S/C6H11NO4/c1-4(8)7-3-6(10)11-5(2)9/h6,10H,3H2,1-2H3,(H,7,8). The topological polar surface area (TPSA) is 75.6 Å². The van der Waals surface area contributed by atoms with E-state index in [1.807, 2.05) is 0 Å². The molecule has 0 rings (SSSR count). The minimum atomic E-state index is -1.25. The molecule has 1 amide bonds. The highest BCUT2D eigenvalue weighted by Crippen LogP contribution is 1.84. The molecule has 0 bridgehead atoms. The van der Waals surface area contributed by atoms with Gasteiger partial charge in [0.15, 0.2) is 0 Å². The van der Waals surface area contributed by atoms with Gasteiger partial charge >= 0.3 is 5.97 Å². The Labute approximate surface area is 64.3 Å². The maximum atomic E-state index is 10.3. The number of amides is 1. The van der Waals surface area contributed by atoms with Crippen LogP contribution in [0.25, 0.3) is 0 Å². The summed E-state index contributed by atoms with van der Waals surface area (Å²) in [4.78, 5) is 20.5. The van der Waals surface area contributed by atoms with Crippen LogP contribution in [-0.2, 0) is 14.3 Å². The lowest BCUT2D eigenvalue weighted by Gasteiger charge is -2.09. The summed E-state index contributed by atoms with van der Waals surface area (Å²) in [5.74, 6) is -0.862. The van der Waals surface area contributed by atoms with Crippen LogP contribution in [0.2, 0.25) is 0 Å². The van der Waals surface area contributed by atoms with E-state index in [1.165, 1.54) is 13.8 Å². The second kappa shape index (κ2) is 4.68. The van der Waals surface area contributed by atoms with Gasteiger partial charge in [-0.15, -0.1) is 0 Å². The Balaban J connectivity index is 3.44. The van der Waals surface area contributed by atoms with Crippen molar-refractivity contribution in [3.63, 3.8) is 0 Å². The van der Waals surface area contributed by atoms with Gasteiger partial charge in [0.1, 0.15) is 0 Å². The molecule has 11 heavy (non-hydrogen) atoms. The minimum absolute atomic E-state index is 0.0745. The van der Waals surface area contributed by atoms with Crippen LogP contribution < -0.4 is 5.32 Å². The number of rotatable bonds is 3. The fourth-order valence-electron chi connectivity index (χ4n) is 0.464. The average Bonchev–Trinajstić information content (AvgIpc) is 1.82. The molecule has 0 aromatic carbocycles. The fourth-order valence-corrected chi connectivity index (χ4v) is 0.464. The van der Waals surface area contributed by atoms with Crippen molar-refractivity contribution >= 4 is 11.9 Å². The predicted octanol–water partition coefficient (Wildman–Crippen LogP) is -0.996. The van der Waals surface area contributed by atoms with E-state index in [2.05, 4.69) is 10.1 Å². The quantitative estimate of drug-likeness (QED) is 0.411. The third-order valence-electron chi connectivity index (χ3n) is 0.828. The summed E-state index contributed by atoms with van der Waals surface area (Å²) in [6, 6.07) is 0. The Bertz CT molecular complexity index is 157. The number of ether oxygens (including phenoxy) is 1. The molecule has 0 fully saturated rings. The molecule has 0 aromatic rings. The number of carbonyl (C=O) groups excluding carboxylic acids is 2. The molecule has 2 N–H and O–H groups in total. The van der Waals surface area contributed by atoms with Gasteiger partial charge in [0.25, 0.3) is 0 Å². The normalized spacial score (nSPS) is 11.9. The Morgan fingerprint density at radius 3 is 2.45 bits per heavy atom. The molecule has 0 heterocycles. The molecule has 0 saturated carbocycles. The highest BCUT2D eigenvalue weighted by atomic mass is 16.6. The molecule has 0 aliphatic carbocycles. The molecule has 5 heteroatoms. The van der Waals surface area contributed by atoms with Gasteiger partial charge in [-0.1, -0.05) is 0 Å². The van der Waals surface area contributed by atoms with Crippen molar-refractivity contribution in [3.8, 4) is 0 Å². The van der Waals surface area contributed by atoms with Crippen LogP contribution >= 0.6 is 0 Å². The lowest BCUT2D eigenvalue weighted by Crippen LogP contribution is -2.32. The van der Waals surface area contributed by atoms with Gasteiger partial charge in [-0.25, -0.2) is 0 Å². The fraction of sp³-hybridized carbons (Fsp3) is 0.667. The van der Waals surface area contributed by atoms with Gasteiger partial charge in [0, 0.05) is 13.8 Å². The SMILES string of the molecule is CC(=O)NCC(O)OC(C)=O. The smallest absolute Gasteiger partial charge is 0.304 e. The molecule has 5 nitrogen and oxygen atoms in total. The number of aliphatic hydroxyl groups excluding tert-OH is 1. The van der Waals surface area contributed by atoms with Crippen LogP contribution in [-0.4, -0.2) is 29.8 Å². The van der Waals surface area contributed by atoms with Gasteiger partial charge in [0.2, 0.25) is 12.2 Å². The Hall–Kier alpha value is -1.10. The molecule has 64 valence electrons. The van der Waals surface area contributed by atoms with Crippen LogP contribution in [0.3, 0.4) is 0 Å². The van der Waals surface area contributed by atoms with Crippen LogP contribution in [0, 0.1) is 0 Å². The highest BCUT2D eigenvalue weighted by molar-refractivity contribution is 5.72. The van der Waals surface area contributed by atoms with Crippen LogP contribution in [0.15, 0.2) is 0 Å². The number of hydrogen-bond donors (Lipinski definition) is 2. The van der Waals surface area contributed by atoms with Gasteiger partial charge in [-0.2, -0.15) is 0 Å². The number of esters is 1. The minimum Gasteiger partial charge on any atom is -0.434 e. The molecule has 0 radical (unpaired) electrons. The molecule has 1 unspecified atom stereocenters. The summed E-state index contributed by atoms with van der Waals surface area (Å²) in [6.45, 7) is 2.41. The zero-order valence-corrected chi connectivity index (χ0v) is 6.46. The molecule has 1 atom stereocenters.